The Morgan fingerprint density at radius 1 is 1.12 bits per heavy atom. The van der Waals surface area contributed by atoms with Gasteiger partial charge in [0.25, 0.3) is 5.56 Å². The lowest BCUT2D eigenvalue weighted by Crippen LogP contribution is -2.40. The molecule has 0 aliphatic carbocycles. The molecule has 1 aliphatic heterocycles. The van der Waals surface area contributed by atoms with Crippen LogP contribution in [0.3, 0.4) is 0 Å². The van der Waals surface area contributed by atoms with Gasteiger partial charge in [-0.25, -0.2) is 14.2 Å². The summed E-state index contributed by atoms with van der Waals surface area (Å²) in [6.45, 7) is 3.10. The van der Waals surface area contributed by atoms with E-state index < -0.39 is 29.4 Å². The lowest BCUT2D eigenvalue weighted by molar-refractivity contribution is -0.139. The molecule has 11 heteroatoms. The molecular weight excluding hydrogens is 627 g/mol. The Morgan fingerprint density at radius 3 is 2.48 bits per heavy atom. The predicted molar refractivity (Wildman–Crippen MR) is 159 cm³/mol. The number of rotatable bonds is 7. The van der Waals surface area contributed by atoms with Crippen molar-refractivity contribution in [2.75, 3.05) is 13.7 Å². The summed E-state index contributed by atoms with van der Waals surface area (Å²) < 4.78 is 32.3. The Balaban J connectivity index is 1.78. The van der Waals surface area contributed by atoms with E-state index in [1.807, 2.05) is 30.3 Å². The van der Waals surface area contributed by atoms with Crippen molar-refractivity contribution < 1.29 is 28.2 Å². The summed E-state index contributed by atoms with van der Waals surface area (Å²) in [5.74, 6) is -1.08. The summed E-state index contributed by atoms with van der Waals surface area (Å²) in [4.78, 5) is 44.2. The molecular formula is C31H24BrFN2O6S. The van der Waals surface area contributed by atoms with E-state index in [0.717, 1.165) is 11.3 Å². The van der Waals surface area contributed by atoms with Crippen molar-refractivity contribution in [2.45, 2.75) is 19.9 Å². The van der Waals surface area contributed by atoms with Gasteiger partial charge in [-0.2, -0.15) is 0 Å². The number of halogens is 2. The van der Waals surface area contributed by atoms with Gasteiger partial charge in [-0.3, -0.25) is 14.2 Å². The van der Waals surface area contributed by atoms with Crippen LogP contribution in [0.4, 0.5) is 4.39 Å². The molecule has 4 aromatic rings. The average Bonchev–Trinajstić information content (AvgIpc) is 3.28. The number of thiazole rings is 1. The van der Waals surface area contributed by atoms with Gasteiger partial charge >= 0.3 is 11.9 Å². The zero-order chi connectivity index (χ0) is 30.0. The first-order valence-electron chi connectivity index (χ1n) is 12.8. The van der Waals surface area contributed by atoms with E-state index in [0.29, 0.717) is 41.9 Å². The van der Waals surface area contributed by atoms with Crippen LogP contribution in [0.2, 0.25) is 0 Å². The minimum Gasteiger partial charge on any atom is -0.493 e. The quantitative estimate of drug-likeness (QED) is 0.211. The van der Waals surface area contributed by atoms with Gasteiger partial charge in [-0.15, -0.1) is 0 Å². The fourth-order valence-corrected chi connectivity index (χ4v) is 6.16. The van der Waals surface area contributed by atoms with E-state index in [1.165, 1.54) is 30.7 Å². The maximum atomic E-state index is 14.0. The van der Waals surface area contributed by atoms with Crippen LogP contribution < -0.4 is 24.4 Å². The van der Waals surface area contributed by atoms with E-state index in [2.05, 4.69) is 15.9 Å². The third kappa shape index (κ3) is 5.70. The number of hydrogen-bond donors (Lipinski definition) is 0. The summed E-state index contributed by atoms with van der Waals surface area (Å²) >= 11 is 4.55. The van der Waals surface area contributed by atoms with Gasteiger partial charge in [0.15, 0.2) is 16.3 Å². The summed E-state index contributed by atoms with van der Waals surface area (Å²) in [6, 6.07) is 17.2. The molecule has 0 spiro atoms. The highest BCUT2D eigenvalue weighted by Crippen LogP contribution is 2.37. The lowest BCUT2D eigenvalue weighted by Gasteiger charge is -2.25. The predicted octanol–water partition coefficient (Wildman–Crippen LogP) is 4.77. The van der Waals surface area contributed by atoms with Gasteiger partial charge in [0.2, 0.25) is 0 Å². The fraction of sp³-hybridized carbons (Fsp3) is 0.161. The Kier molecular flexibility index (Phi) is 8.51. The normalized spacial score (nSPS) is 14.7. The van der Waals surface area contributed by atoms with Crippen LogP contribution in [0.5, 0.6) is 11.5 Å². The number of aromatic nitrogens is 1. The molecule has 42 heavy (non-hydrogen) atoms. The highest BCUT2D eigenvalue weighted by atomic mass is 79.9. The number of benzene rings is 3. The first-order chi connectivity index (χ1) is 20.2. The van der Waals surface area contributed by atoms with Crippen molar-refractivity contribution in [3.8, 4) is 11.5 Å². The summed E-state index contributed by atoms with van der Waals surface area (Å²) in [5.41, 5.74) is 1.91. The Labute approximate surface area is 252 Å². The topological polar surface area (TPSA) is 96.2 Å². The first kappa shape index (κ1) is 29.2. The van der Waals surface area contributed by atoms with Crippen LogP contribution >= 0.6 is 27.3 Å². The molecule has 0 saturated carbocycles. The number of nitrogens with zero attached hydrogens (tertiary/aromatic N) is 2. The summed E-state index contributed by atoms with van der Waals surface area (Å²) in [7, 11) is 1.44. The summed E-state index contributed by atoms with van der Waals surface area (Å²) in [5, 5.41) is 0. The monoisotopic (exact) mass is 650 g/mol. The average molecular weight is 652 g/mol. The third-order valence-corrected chi connectivity index (χ3v) is 7.93. The molecule has 0 radical (unpaired) electrons. The van der Waals surface area contributed by atoms with Gasteiger partial charge in [-0.05, 0) is 64.3 Å². The smallest absolute Gasteiger partial charge is 0.338 e. The number of fused-ring (bicyclic) bond motifs is 1. The molecule has 0 fully saturated rings. The molecule has 5 rings (SSSR count). The second kappa shape index (κ2) is 12.3. The second-order valence-electron chi connectivity index (χ2n) is 9.11. The van der Waals surface area contributed by atoms with E-state index in [4.69, 9.17) is 19.2 Å². The third-order valence-electron chi connectivity index (χ3n) is 6.35. The van der Waals surface area contributed by atoms with E-state index >= 15 is 0 Å². The van der Waals surface area contributed by atoms with Crippen LogP contribution in [-0.4, -0.2) is 30.2 Å². The second-order valence-corrected chi connectivity index (χ2v) is 11.0. The molecule has 3 aromatic carbocycles. The largest absolute Gasteiger partial charge is 0.493 e. The van der Waals surface area contributed by atoms with Crippen LogP contribution in [0.1, 0.15) is 36.6 Å². The van der Waals surface area contributed by atoms with Crippen molar-refractivity contribution in [3.05, 3.63) is 119 Å². The molecule has 0 unspecified atom stereocenters. The molecule has 0 amide bonds. The van der Waals surface area contributed by atoms with Crippen LogP contribution in [0, 0.1) is 5.82 Å². The molecule has 1 aliphatic rings. The standard InChI is InChI=1S/C31H24BrFN2O6S/c1-4-40-30(38)25-26(19-8-6-5-7-9-19)34-31-35(27(25)20-10-12-21(33)13-11-20)29(37)24(42-31)16-18-14-22(32)28(41-17(2)36)23(15-18)39-3/h5-16,27H,4H2,1-3H3/b24-16-/t27-/m0/s1. The van der Waals surface area contributed by atoms with Gasteiger partial charge < -0.3 is 14.2 Å². The molecule has 1 atom stereocenters. The molecule has 1 aromatic heterocycles. The highest BCUT2D eigenvalue weighted by Gasteiger charge is 2.35. The van der Waals surface area contributed by atoms with Crippen molar-refractivity contribution in [1.82, 2.24) is 4.57 Å². The molecule has 0 saturated heterocycles. The van der Waals surface area contributed by atoms with Crippen LogP contribution in [0.15, 0.2) is 86.6 Å². The van der Waals surface area contributed by atoms with Gasteiger partial charge in [0.1, 0.15) is 5.82 Å². The fourth-order valence-electron chi connectivity index (χ4n) is 4.62. The van der Waals surface area contributed by atoms with Crippen molar-refractivity contribution in [2.24, 2.45) is 4.99 Å². The van der Waals surface area contributed by atoms with E-state index in [-0.39, 0.29) is 17.9 Å². The maximum absolute atomic E-state index is 14.0. The van der Waals surface area contributed by atoms with Gasteiger partial charge in [0.05, 0.1) is 40.0 Å². The Bertz CT molecular complexity index is 1900. The van der Waals surface area contributed by atoms with Crippen LogP contribution in [-0.2, 0) is 14.3 Å². The van der Waals surface area contributed by atoms with Crippen molar-refractivity contribution >= 4 is 51.0 Å². The number of hydrogen-bond acceptors (Lipinski definition) is 8. The molecule has 8 nitrogen and oxygen atoms in total. The summed E-state index contributed by atoms with van der Waals surface area (Å²) in [6.07, 6.45) is 1.66. The number of carbonyl (C=O) groups excluding carboxylic acids is 2. The number of esters is 2. The zero-order valence-electron chi connectivity index (χ0n) is 22.7. The molecule has 214 valence electrons. The Hall–Kier alpha value is -4.35. The van der Waals surface area contributed by atoms with Gasteiger partial charge in [-0.1, -0.05) is 53.8 Å². The minimum absolute atomic E-state index is 0.116. The highest BCUT2D eigenvalue weighted by molar-refractivity contribution is 9.10. The number of carbonyl (C=O) groups is 2. The van der Waals surface area contributed by atoms with E-state index in [9.17, 15) is 18.8 Å². The zero-order valence-corrected chi connectivity index (χ0v) is 25.1. The molecule has 0 N–H and O–H groups in total. The number of methoxy groups -OCH3 is 1. The Morgan fingerprint density at radius 2 is 1.83 bits per heavy atom. The van der Waals surface area contributed by atoms with Crippen molar-refractivity contribution in [3.63, 3.8) is 0 Å². The van der Waals surface area contributed by atoms with Gasteiger partial charge in [0, 0.05) is 12.5 Å². The SMILES string of the molecule is CCOC(=O)C1=C(c2ccccc2)N=c2s/c(=C\c3cc(Br)c(OC(C)=O)c(OC)c3)c(=O)n2[C@H]1c1ccc(F)cc1. The number of ether oxygens (including phenoxy) is 3. The first-order valence-corrected chi connectivity index (χ1v) is 14.4. The molecule has 0 bridgehead atoms. The maximum Gasteiger partial charge on any atom is 0.338 e. The lowest BCUT2D eigenvalue weighted by atomic mass is 9.93. The van der Waals surface area contributed by atoms with Crippen LogP contribution in [0.25, 0.3) is 11.8 Å². The minimum atomic E-state index is -0.925. The van der Waals surface area contributed by atoms with E-state index in [1.54, 1.807) is 37.3 Å². The van der Waals surface area contributed by atoms with Crippen molar-refractivity contribution in [1.29, 1.82) is 0 Å². The molecule has 2 heterocycles.